The molecule has 0 saturated heterocycles. The highest BCUT2D eigenvalue weighted by atomic mass is 16.5. The summed E-state index contributed by atoms with van der Waals surface area (Å²) in [6.07, 6.45) is 11.3. The summed E-state index contributed by atoms with van der Waals surface area (Å²) in [7, 11) is 0. The van der Waals surface area contributed by atoms with Crippen molar-refractivity contribution in [2.45, 2.75) is 105 Å². The van der Waals surface area contributed by atoms with Gasteiger partial charge in [-0.05, 0) is 38.5 Å². The van der Waals surface area contributed by atoms with Gasteiger partial charge in [-0.3, -0.25) is 0 Å². The maximum Gasteiger partial charge on any atom is 0.334 e. The number of ether oxygens (including phenoxy) is 2. The maximum absolute atomic E-state index is 12.6. The van der Waals surface area contributed by atoms with Gasteiger partial charge in [0, 0.05) is 11.1 Å². The van der Waals surface area contributed by atoms with E-state index in [2.05, 4.69) is 13.8 Å². The molecule has 4 heteroatoms. The lowest BCUT2D eigenvalue weighted by atomic mass is 9.96. The van der Waals surface area contributed by atoms with Crippen LogP contribution in [0.4, 0.5) is 0 Å². The molecule has 0 saturated carbocycles. The van der Waals surface area contributed by atoms with E-state index in [9.17, 15) is 9.59 Å². The van der Waals surface area contributed by atoms with Gasteiger partial charge in [-0.1, -0.05) is 66.2 Å². The van der Waals surface area contributed by atoms with Crippen molar-refractivity contribution in [3.05, 3.63) is 11.1 Å². The molecule has 0 aromatic carbocycles. The average Bonchev–Trinajstić information content (AvgIpc) is 2.65. The molecule has 0 N–H and O–H groups in total. The number of esters is 2. The lowest BCUT2D eigenvalue weighted by molar-refractivity contribution is -0.142. The van der Waals surface area contributed by atoms with Gasteiger partial charge in [-0.25, -0.2) is 9.59 Å². The first-order valence-corrected chi connectivity index (χ1v) is 10.7. The normalized spacial score (nSPS) is 11.8. The van der Waals surface area contributed by atoms with Crippen LogP contribution in [0.5, 0.6) is 0 Å². The fraction of sp³-hybridized carbons (Fsp3) is 0.818. The smallest absolute Gasteiger partial charge is 0.334 e. The molecule has 0 atom stereocenters. The third kappa shape index (κ3) is 11.3. The molecule has 0 unspecified atom stereocenters. The first kappa shape index (κ1) is 24.7. The Morgan fingerprint density at radius 3 is 1.23 bits per heavy atom. The van der Waals surface area contributed by atoms with Gasteiger partial charge in [-0.15, -0.1) is 0 Å². The summed E-state index contributed by atoms with van der Waals surface area (Å²) < 4.78 is 10.7. The lowest BCUT2D eigenvalue weighted by Gasteiger charge is -2.15. The summed E-state index contributed by atoms with van der Waals surface area (Å²) in [5, 5.41) is 0. The minimum absolute atomic E-state index is 0.331. The zero-order valence-corrected chi connectivity index (χ0v) is 17.5. The Bertz CT molecular complexity index is 374. The highest BCUT2D eigenvalue weighted by molar-refractivity contribution is 6.00. The van der Waals surface area contributed by atoms with Crippen LogP contribution in [0.25, 0.3) is 0 Å². The molecule has 4 nitrogen and oxygen atoms in total. The maximum atomic E-state index is 12.6. The van der Waals surface area contributed by atoms with Crippen molar-refractivity contribution in [3.63, 3.8) is 0 Å². The van der Waals surface area contributed by atoms with Gasteiger partial charge in [0.05, 0.1) is 13.2 Å². The van der Waals surface area contributed by atoms with Crippen LogP contribution < -0.4 is 0 Å². The van der Waals surface area contributed by atoms with Gasteiger partial charge in [-0.2, -0.15) is 0 Å². The molecule has 0 aliphatic carbocycles. The summed E-state index contributed by atoms with van der Waals surface area (Å²) in [5.74, 6) is -0.662. The highest BCUT2D eigenvalue weighted by Gasteiger charge is 2.22. The number of hydrogen-bond acceptors (Lipinski definition) is 4. The number of carbonyl (C=O) groups is 2. The van der Waals surface area contributed by atoms with Gasteiger partial charge in [0.15, 0.2) is 0 Å². The second-order valence-electron chi connectivity index (χ2n) is 6.85. The molecule has 0 aromatic heterocycles. The van der Waals surface area contributed by atoms with E-state index in [-0.39, 0.29) is 11.9 Å². The number of carbonyl (C=O) groups excluding carboxylic acids is 2. The van der Waals surface area contributed by atoms with Crippen LogP contribution in [0.3, 0.4) is 0 Å². The predicted octanol–water partition coefficient (Wildman–Crippen LogP) is 6.13. The highest BCUT2D eigenvalue weighted by Crippen LogP contribution is 2.22. The van der Waals surface area contributed by atoms with Crippen LogP contribution in [0.15, 0.2) is 11.1 Å². The third-order valence-corrected chi connectivity index (χ3v) is 4.29. The van der Waals surface area contributed by atoms with E-state index < -0.39 is 0 Å². The molecule has 0 aliphatic rings. The topological polar surface area (TPSA) is 52.6 Å². The van der Waals surface area contributed by atoms with Crippen molar-refractivity contribution < 1.29 is 19.1 Å². The standard InChI is InChI=1S/C22H40O4/c1-5-9-11-13-15-19(21(23)25-17-7-3)20(16-14-12-10-6-2)22(24)26-18-8-4/h5-18H2,1-4H3/b20-19-. The van der Waals surface area contributed by atoms with Crippen molar-refractivity contribution in [3.8, 4) is 0 Å². The molecule has 26 heavy (non-hydrogen) atoms. The first-order chi connectivity index (χ1) is 12.6. The number of unbranched alkanes of at least 4 members (excludes halogenated alkanes) is 6. The Morgan fingerprint density at radius 2 is 0.923 bits per heavy atom. The third-order valence-electron chi connectivity index (χ3n) is 4.29. The monoisotopic (exact) mass is 368 g/mol. The predicted molar refractivity (Wildman–Crippen MR) is 107 cm³/mol. The Balaban J connectivity index is 5.31. The average molecular weight is 369 g/mol. The Labute approximate surface area is 160 Å². The first-order valence-electron chi connectivity index (χ1n) is 10.7. The SMILES string of the molecule is CCCCCC/C(C(=O)OCCC)=C(\CCCCCC)C(=O)OCCC. The van der Waals surface area contributed by atoms with Crippen LogP contribution in [0, 0.1) is 0 Å². The van der Waals surface area contributed by atoms with Crippen molar-refractivity contribution in [2.75, 3.05) is 13.2 Å². The van der Waals surface area contributed by atoms with Crippen molar-refractivity contribution in [2.24, 2.45) is 0 Å². The molecule has 0 amide bonds. The zero-order chi connectivity index (χ0) is 19.6. The van der Waals surface area contributed by atoms with Crippen LogP contribution in [-0.4, -0.2) is 25.2 Å². The molecule has 0 aliphatic heterocycles. The fourth-order valence-electron chi connectivity index (χ4n) is 2.77. The van der Waals surface area contributed by atoms with Gasteiger partial charge in [0.25, 0.3) is 0 Å². The van der Waals surface area contributed by atoms with E-state index in [0.29, 0.717) is 37.2 Å². The largest absolute Gasteiger partial charge is 0.462 e. The molecule has 0 aromatic rings. The Hall–Kier alpha value is -1.32. The second kappa shape index (κ2) is 17.1. The molecule has 0 bridgehead atoms. The molecule has 0 radical (unpaired) electrons. The zero-order valence-electron chi connectivity index (χ0n) is 17.5. The summed E-state index contributed by atoms with van der Waals surface area (Å²) in [6, 6.07) is 0. The van der Waals surface area contributed by atoms with E-state index in [0.717, 1.165) is 64.2 Å². The number of hydrogen-bond donors (Lipinski definition) is 0. The van der Waals surface area contributed by atoms with E-state index >= 15 is 0 Å². The van der Waals surface area contributed by atoms with Gasteiger partial charge < -0.3 is 9.47 Å². The molecule has 0 fully saturated rings. The molecular formula is C22H40O4. The summed E-state index contributed by atoms with van der Waals surface area (Å²) in [4.78, 5) is 25.2. The van der Waals surface area contributed by atoms with Crippen LogP contribution in [0.2, 0.25) is 0 Å². The van der Waals surface area contributed by atoms with E-state index in [1.54, 1.807) is 0 Å². The van der Waals surface area contributed by atoms with Crippen LogP contribution >= 0.6 is 0 Å². The van der Waals surface area contributed by atoms with Crippen molar-refractivity contribution in [1.82, 2.24) is 0 Å². The van der Waals surface area contributed by atoms with Crippen LogP contribution in [0.1, 0.15) is 105 Å². The summed E-state index contributed by atoms with van der Waals surface area (Å²) in [6.45, 7) is 9.05. The minimum atomic E-state index is -0.331. The van der Waals surface area contributed by atoms with Gasteiger partial charge in [0.2, 0.25) is 0 Å². The van der Waals surface area contributed by atoms with E-state index in [1.807, 2.05) is 13.8 Å². The Kier molecular flexibility index (Phi) is 16.2. The van der Waals surface area contributed by atoms with Gasteiger partial charge >= 0.3 is 11.9 Å². The van der Waals surface area contributed by atoms with Gasteiger partial charge in [0.1, 0.15) is 0 Å². The lowest BCUT2D eigenvalue weighted by Crippen LogP contribution is -2.18. The van der Waals surface area contributed by atoms with E-state index in [4.69, 9.17) is 9.47 Å². The van der Waals surface area contributed by atoms with Crippen molar-refractivity contribution >= 4 is 11.9 Å². The summed E-state index contributed by atoms with van der Waals surface area (Å²) in [5.41, 5.74) is 1.10. The van der Waals surface area contributed by atoms with Crippen LogP contribution in [-0.2, 0) is 19.1 Å². The Morgan fingerprint density at radius 1 is 0.538 bits per heavy atom. The number of rotatable bonds is 16. The molecule has 0 rings (SSSR count). The summed E-state index contributed by atoms with van der Waals surface area (Å²) >= 11 is 0. The molecule has 0 heterocycles. The molecule has 152 valence electrons. The fourth-order valence-corrected chi connectivity index (χ4v) is 2.77. The van der Waals surface area contributed by atoms with E-state index in [1.165, 1.54) is 0 Å². The second-order valence-corrected chi connectivity index (χ2v) is 6.85. The molecule has 0 spiro atoms. The minimum Gasteiger partial charge on any atom is -0.462 e. The molecular weight excluding hydrogens is 328 g/mol. The quantitative estimate of drug-likeness (QED) is 0.187. The van der Waals surface area contributed by atoms with Crippen molar-refractivity contribution in [1.29, 1.82) is 0 Å².